The number of halogens is 1. The van der Waals surface area contributed by atoms with E-state index in [1.54, 1.807) is 34.0 Å². The zero-order chi connectivity index (χ0) is 35.9. The topological polar surface area (TPSA) is 139 Å². The zero-order valence-corrected chi connectivity index (χ0v) is 28.7. The van der Waals surface area contributed by atoms with Crippen molar-refractivity contribution >= 4 is 45.9 Å². The molecule has 3 aromatic heterocycles. The van der Waals surface area contributed by atoms with Crippen molar-refractivity contribution in [2.24, 2.45) is 0 Å². The van der Waals surface area contributed by atoms with Gasteiger partial charge in [-0.25, -0.2) is 28.8 Å². The summed E-state index contributed by atoms with van der Waals surface area (Å²) >= 11 is 0. The molecule has 0 saturated carbocycles. The molecule has 1 fully saturated rings. The number of carbonyl (C=O) groups excluding carboxylic acids is 2. The SMILES string of the molecule is CCCCc1cc(NC(=O)Nc2ccc(OCc3ccnc(Nc4cnc(C(=O)N5CCCC5)cn4)c3)c3ccccc23)n(-c2cccc(F)c2)n1. The number of benzene rings is 3. The van der Waals surface area contributed by atoms with Crippen LogP contribution in [0, 0.1) is 5.82 Å². The summed E-state index contributed by atoms with van der Waals surface area (Å²) in [5, 5.41) is 15.3. The second-order valence-electron chi connectivity index (χ2n) is 12.5. The van der Waals surface area contributed by atoms with Crippen LogP contribution in [0.25, 0.3) is 16.5 Å². The number of hydrogen-bond acceptors (Lipinski definition) is 8. The van der Waals surface area contributed by atoms with Crippen molar-refractivity contribution in [1.82, 2.24) is 29.6 Å². The largest absolute Gasteiger partial charge is 0.488 e. The van der Waals surface area contributed by atoms with Crippen molar-refractivity contribution < 1.29 is 18.7 Å². The number of anilines is 4. The van der Waals surface area contributed by atoms with Crippen LogP contribution in [-0.2, 0) is 13.0 Å². The van der Waals surface area contributed by atoms with Crippen molar-refractivity contribution in [3.8, 4) is 11.4 Å². The van der Waals surface area contributed by atoms with Crippen molar-refractivity contribution in [3.63, 3.8) is 0 Å². The molecule has 3 aromatic carbocycles. The van der Waals surface area contributed by atoms with Gasteiger partial charge in [0.15, 0.2) is 0 Å². The summed E-state index contributed by atoms with van der Waals surface area (Å²) in [5.74, 6) is 1.60. The van der Waals surface area contributed by atoms with Gasteiger partial charge in [0.25, 0.3) is 5.91 Å². The van der Waals surface area contributed by atoms with E-state index in [0.717, 1.165) is 67.2 Å². The summed E-state index contributed by atoms with van der Waals surface area (Å²) in [6, 6.07) is 22.4. The first kappa shape index (κ1) is 34.1. The average Bonchev–Trinajstić information content (AvgIpc) is 3.85. The maximum Gasteiger partial charge on any atom is 0.324 e. The van der Waals surface area contributed by atoms with Gasteiger partial charge in [0.1, 0.15) is 41.3 Å². The molecular weight excluding hydrogens is 661 g/mol. The predicted molar refractivity (Wildman–Crippen MR) is 198 cm³/mol. The molecule has 3 amide bonds. The highest BCUT2D eigenvalue weighted by atomic mass is 19.1. The lowest BCUT2D eigenvalue weighted by molar-refractivity contribution is 0.0786. The van der Waals surface area contributed by atoms with Crippen molar-refractivity contribution in [2.75, 3.05) is 29.0 Å². The third kappa shape index (κ3) is 7.99. The molecule has 7 rings (SSSR count). The first-order chi connectivity index (χ1) is 25.4. The number of aromatic nitrogens is 5. The fraction of sp³-hybridized carbons (Fsp3) is 0.231. The van der Waals surface area contributed by atoms with Gasteiger partial charge in [-0.15, -0.1) is 0 Å². The lowest BCUT2D eigenvalue weighted by Gasteiger charge is -2.15. The summed E-state index contributed by atoms with van der Waals surface area (Å²) in [6.45, 7) is 3.86. The fourth-order valence-corrected chi connectivity index (χ4v) is 6.09. The minimum Gasteiger partial charge on any atom is -0.488 e. The number of hydrogen-bond donors (Lipinski definition) is 3. The molecule has 0 atom stereocenters. The number of amides is 3. The van der Waals surface area contributed by atoms with Crippen molar-refractivity contribution in [3.05, 3.63) is 120 Å². The number of fused-ring (bicyclic) bond motifs is 1. The lowest BCUT2D eigenvalue weighted by atomic mass is 10.1. The Kier molecular flexibility index (Phi) is 10.3. The van der Waals surface area contributed by atoms with E-state index in [0.29, 0.717) is 40.3 Å². The first-order valence-corrected chi connectivity index (χ1v) is 17.3. The number of likely N-dealkylation sites (tertiary alicyclic amines) is 1. The number of nitrogens with zero attached hydrogens (tertiary/aromatic N) is 6. The summed E-state index contributed by atoms with van der Waals surface area (Å²) in [7, 11) is 0. The third-order valence-electron chi connectivity index (χ3n) is 8.71. The monoisotopic (exact) mass is 699 g/mol. The smallest absolute Gasteiger partial charge is 0.324 e. The Morgan fingerprint density at radius 2 is 1.71 bits per heavy atom. The van der Waals surface area contributed by atoms with Gasteiger partial charge in [0, 0.05) is 36.1 Å². The molecule has 1 aliphatic heterocycles. The Morgan fingerprint density at radius 1 is 0.865 bits per heavy atom. The molecule has 12 nitrogen and oxygen atoms in total. The Bertz CT molecular complexity index is 2200. The Balaban J connectivity index is 1.02. The second kappa shape index (κ2) is 15.7. The number of nitrogens with one attached hydrogen (secondary N) is 3. The molecule has 0 unspecified atom stereocenters. The van der Waals surface area contributed by atoms with E-state index in [1.165, 1.54) is 24.5 Å². The van der Waals surface area contributed by atoms with E-state index in [1.807, 2.05) is 48.5 Å². The summed E-state index contributed by atoms with van der Waals surface area (Å²) in [4.78, 5) is 40.8. The van der Waals surface area contributed by atoms with Crippen LogP contribution in [0.1, 0.15) is 54.4 Å². The average molecular weight is 700 g/mol. The number of aryl methyl sites for hydroxylation is 1. The quantitative estimate of drug-likeness (QED) is 0.117. The molecule has 4 heterocycles. The van der Waals surface area contributed by atoms with Gasteiger partial charge >= 0.3 is 6.03 Å². The number of unbranched alkanes of at least 4 members (excludes halogenated alkanes) is 1. The molecule has 0 bridgehead atoms. The Labute approximate surface area is 300 Å². The van der Waals surface area contributed by atoms with Crippen LogP contribution in [0.15, 0.2) is 97.5 Å². The van der Waals surface area contributed by atoms with Crippen molar-refractivity contribution in [2.45, 2.75) is 45.6 Å². The van der Waals surface area contributed by atoms with E-state index in [4.69, 9.17) is 4.74 Å². The van der Waals surface area contributed by atoms with Crippen LogP contribution in [0.3, 0.4) is 0 Å². The maximum atomic E-state index is 14.1. The molecule has 1 aliphatic rings. The van der Waals surface area contributed by atoms with Gasteiger partial charge in [-0.05, 0) is 73.7 Å². The van der Waals surface area contributed by atoms with Crippen LogP contribution in [-0.4, -0.2) is 54.7 Å². The molecule has 264 valence electrons. The van der Waals surface area contributed by atoms with Crippen LogP contribution >= 0.6 is 0 Å². The predicted octanol–water partition coefficient (Wildman–Crippen LogP) is 7.89. The number of urea groups is 1. The molecule has 0 radical (unpaired) electrons. The number of carbonyl (C=O) groups is 2. The first-order valence-electron chi connectivity index (χ1n) is 17.3. The minimum absolute atomic E-state index is 0.101. The Morgan fingerprint density at radius 3 is 2.50 bits per heavy atom. The van der Waals surface area contributed by atoms with Gasteiger partial charge in [0.2, 0.25) is 0 Å². The van der Waals surface area contributed by atoms with E-state index in [9.17, 15) is 14.0 Å². The summed E-state index contributed by atoms with van der Waals surface area (Å²) < 4.78 is 21.9. The normalized spacial score (nSPS) is 12.5. The second-order valence-corrected chi connectivity index (χ2v) is 12.5. The van der Waals surface area contributed by atoms with E-state index in [2.05, 4.69) is 42.9 Å². The standard InChI is InChI=1S/C39H38FN9O3/c1-2-3-10-28-22-37(49(47-28)29-11-8-9-27(40)21-29)46-39(51)44-32-14-15-34(31-13-5-4-12-30(31)32)52-25-26-16-17-41-35(20-26)45-36-24-42-33(23-43-36)38(50)48-18-6-7-19-48/h4-5,8-9,11-17,20-24H,2-3,6-7,10,18-19,25H2,1H3,(H,41,43,45)(H2,44,46,51). The van der Waals surface area contributed by atoms with Crippen LogP contribution in [0.2, 0.25) is 0 Å². The maximum absolute atomic E-state index is 14.1. The molecule has 3 N–H and O–H groups in total. The molecule has 13 heteroatoms. The number of ether oxygens (including phenoxy) is 1. The summed E-state index contributed by atoms with van der Waals surface area (Å²) in [6.07, 6.45) is 9.39. The molecule has 52 heavy (non-hydrogen) atoms. The van der Waals surface area contributed by atoms with E-state index < -0.39 is 11.8 Å². The highest BCUT2D eigenvalue weighted by Crippen LogP contribution is 2.32. The lowest BCUT2D eigenvalue weighted by Crippen LogP contribution is -2.28. The van der Waals surface area contributed by atoms with Crippen LogP contribution in [0.4, 0.5) is 32.3 Å². The highest BCUT2D eigenvalue weighted by molar-refractivity contribution is 6.07. The molecule has 0 spiro atoms. The van der Waals surface area contributed by atoms with Gasteiger partial charge in [-0.2, -0.15) is 5.10 Å². The van der Waals surface area contributed by atoms with Crippen molar-refractivity contribution in [1.29, 1.82) is 0 Å². The third-order valence-corrected chi connectivity index (χ3v) is 8.71. The molecule has 6 aromatic rings. The van der Waals surface area contributed by atoms with E-state index >= 15 is 0 Å². The van der Waals surface area contributed by atoms with Gasteiger partial charge in [0.05, 0.1) is 29.5 Å². The number of rotatable bonds is 12. The number of pyridine rings is 1. The fourth-order valence-electron chi connectivity index (χ4n) is 6.09. The molecular formula is C39H38FN9O3. The zero-order valence-electron chi connectivity index (χ0n) is 28.7. The Hall–Kier alpha value is -6.37. The molecule has 1 saturated heterocycles. The van der Waals surface area contributed by atoms with Gasteiger partial charge in [-0.3, -0.25) is 10.1 Å². The summed E-state index contributed by atoms with van der Waals surface area (Å²) in [5.41, 5.74) is 3.09. The van der Waals surface area contributed by atoms with Crippen LogP contribution in [0.5, 0.6) is 5.75 Å². The minimum atomic E-state index is -0.465. The van der Waals surface area contributed by atoms with Gasteiger partial charge < -0.3 is 20.3 Å². The highest BCUT2D eigenvalue weighted by Gasteiger charge is 2.21. The van der Waals surface area contributed by atoms with Gasteiger partial charge in [-0.1, -0.05) is 43.7 Å². The molecule has 0 aliphatic carbocycles. The van der Waals surface area contributed by atoms with E-state index in [-0.39, 0.29) is 12.5 Å². The van der Waals surface area contributed by atoms with Crippen LogP contribution < -0.4 is 20.7 Å².